The molecule has 0 fully saturated rings. The lowest BCUT2D eigenvalue weighted by Gasteiger charge is -2.20. The fourth-order valence-electron chi connectivity index (χ4n) is 2.90. The van der Waals surface area contributed by atoms with E-state index in [2.05, 4.69) is 37.5 Å². The van der Waals surface area contributed by atoms with Gasteiger partial charge in [0.2, 0.25) is 0 Å². The number of thioether (sulfide) groups is 1. The standard InChI is InChI=1S/C20H21FN8S/c1-14(27(2)3)19-23-24-20(28(19)16-11-9-15(21)10-12-16)30-13-18-22-25-26-29(18)17-7-5-4-6-8-17/h4-12,14H,13H2,1-3H3/t14-/m1/s1. The van der Waals surface area contributed by atoms with E-state index in [-0.39, 0.29) is 11.9 Å². The van der Waals surface area contributed by atoms with Crippen molar-refractivity contribution in [1.82, 2.24) is 39.9 Å². The molecule has 0 aliphatic carbocycles. The molecule has 0 aliphatic heterocycles. The predicted octanol–water partition coefficient (Wildman–Crippen LogP) is 3.30. The van der Waals surface area contributed by atoms with Crippen molar-refractivity contribution in [3.05, 3.63) is 72.1 Å². The van der Waals surface area contributed by atoms with Gasteiger partial charge in [-0.25, -0.2) is 4.39 Å². The molecule has 0 aliphatic rings. The Morgan fingerprint density at radius 3 is 2.40 bits per heavy atom. The Morgan fingerprint density at radius 2 is 1.70 bits per heavy atom. The summed E-state index contributed by atoms with van der Waals surface area (Å²) >= 11 is 1.48. The average molecular weight is 425 g/mol. The van der Waals surface area contributed by atoms with Crippen molar-refractivity contribution >= 4 is 11.8 Å². The summed E-state index contributed by atoms with van der Waals surface area (Å²) < 4.78 is 17.1. The summed E-state index contributed by atoms with van der Waals surface area (Å²) in [6.07, 6.45) is 0. The molecular weight excluding hydrogens is 403 g/mol. The number of nitrogens with zero attached hydrogens (tertiary/aromatic N) is 8. The Balaban J connectivity index is 1.66. The average Bonchev–Trinajstić information content (AvgIpc) is 3.40. The molecule has 4 rings (SSSR count). The van der Waals surface area contributed by atoms with E-state index in [1.165, 1.54) is 23.9 Å². The molecule has 0 amide bonds. The normalized spacial score (nSPS) is 12.4. The van der Waals surface area contributed by atoms with Gasteiger partial charge in [-0.3, -0.25) is 9.47 Å². The predicted molar refractivity (Wildman–Crippen MR) is 112 cm³/mol. The van der Waals surface area contributed by atoms with Crippen LogP contribution in [-0.2, 0) is 5.75 Å². The second kappa shape index (κ2) is 8.72. The van der Waals surface area contributed by atoms with Gasteiger partial charge in [-0.1, -0.05) is 30.0 Å². The molecule has 0 N–H and O–H groups in total. The number of hydrogen-bond donors (Lipinski definition) is 0. The van der Waals surface area contributed by atoms with Gasteiger partial charge in [-0.15, -0.1) is 15.3 Å². The van der Waals surface area contributed by atoms with E-state index >= 15 is 0 Å². The van der Waals surface area contributed by atoms with E-state index in [4.69, 9.17) is 0 Å². The Kier molecular flexibility index (Phi) is 5.86. The summed E-state index contributed by atoms with van der Waals surface area (Å²) in [7, 11) is 3.96. The zero-order valence-electron chi connectivity index (χ0n) is 16.8. The van der Waals surface area contributed by atoms with Gasteiger partial charge in [0.25, 0.3) is 0 Å². The van der Waals surface area contributed by atoms with E-state index < -0.39 is 0 Å². The Hall–Kier alpha value is -3.11. The zero-order chi connectivity index (χ0) is 21.1. The van der Waals surface area contributed by atoms with Crippen molar-refractivity contribution in [1.29, 1.82) is 0 Å². The lowest BCUT2D eigenvalue weighted by Crippen LogP contribution is -2.20. The number of hydrogen-bond acceptors (Lipinski definition) is 7. The summed E-state index contributed by atoms with van der Waals surface area (Å²) in [4.78, 5) is 2.05. The molecule has 0 spiro atoms. The summed E-state index contributed by atoms with van der Waals surface area (Å²) in [5, 5.41) is 21.6. The van der Waals surface area contributed by atoms with Crippen LogP contribution >= 0.6 is 11.8 Å². The van der Waals surface area contributed by atoms with Gasteiger partial charge in [0, 0.05) is 5.69 Å². The summed E-state index contributed by atoms with van der Waals surface area (Å²) in [5.74, 6) is 1.68. The third kappa shape index (κ3) is 4.10. The van der Waals surface area contributed by atoms with E-state index in [1.54, 1.807) is 16.8 Å². The number of tetrazole rings is 1. The number of halogens is 1. The van der Waals surface area contributed by atoms with Gasteiger partial charge in [0.05, 0.1) is 17.5 Å². The first-order chi connectivity index (χ1) is 14.5. The zero-order valence-corrected chi connectivity index (χ0v) is 17.7. The minimum atomic E-state index is -0.287. The first-order valence-electron chi connectivity index (χ1n) is 9.37. The molecule has 4 aromatic rings. The molecule has 30 heavy (non-hydrogen) atoms. The van der Waals surface area contributed by atoms with Gasteiger partial charge < -0.3 is 0 Å². The van der Waals surface area contributed by atoms with Gasteiger partial charge in [0.1, 0.15) is 5.82 Å². The number of benzene rings is 2. The van der Waals surface area contributed by atoms with Crippen LogP contribution in [0.4, 0.5) is 4.39 Å². The second-order valence-corrected chi connectivity index (χ2v) is 7.87. The number of aromatic nitrogens is 7. The minimum absolute atomic E-state index is 0.0199. The van der Waals surface area contributed by atoms with Crippen LogP contribution < -0.4 is 0 Å². The fourth-order valence-corrected chi connectivity index (χ4v) is 3.77. The molecule has 0 saturated carbocycles. The summed E-state index contributed by atoms with van der Waals surface area (Å²) in [5.41, 5.74) is 1.69. The van der Waals surface area contributed by atoms with Crippen LogP contribution in [0, 0.1) is 5.82 Å². The van der Waals surface area contributed by atoms with Crippen molar-refractivity contribution in [3.63, 3.8) is 0 Å². The van der Waals surface area contributed by atoms with Gasteiger partial charge in [-0.2, -0.15) is 4.68 Å². The maximum Gasteiger partial charge on any atom is 0.196 e. The molecule has 1 atom stereocenters. The maximum absolute atomic E-state index is 13.5. The highest BCUT2D eigenvalue weighted by atomic mass is 32.2. The van der Waals surface area contributed by atoms with Gasteiger partial charge in [0.15, 0.2) is 16.8 Å². The van der Waals surface area contributed by atoms with Crippen molar-refractivity contribution in [2.24, 2.45) is 0 Å². The SMILES string of the molecule is C[C@H](c1nnc(SCc2nnnn2-c2ccccc2)n1-c1ccc(F)cc1)N(C)C. The number of rotatable bonds is 7. The highest BCUT2D eigenvalue weighted by Crippen LogP contribution is 2.28. The van der Waals surface area contributed by atoms with Gasteiger partial charge >= 0.3 is 0 Å². The quantitative estimate of drug-likeness (QED) is 0.421. The highest BCUT2D eigenvalue weighted by molar-refractivity contribution is 7.98. The van der Waals surface area contributed by atoms with E-state index in [9.17, 15) is 4.39 Å². The molecular formula is C20H21FN8S. The molecule has 0 unspecified atom stereocenters. The van der Waals surface area contributed by atoms with Crippen LogP contribution in [0.25, 0.3) is 11.4 Å². The first kappa shape index (κ1) is 20.2. The van der Waals surface area contributed by atoms with Crippen LogP contribution in [0.15, 0.2) is 59.8 Å². The fraction of sp³-hybridized carbons (Fsp3) is 0.250. The molecule has 154 valence electrons. The maximum atomic E-state index is 13.5. The molecule has 0 radical (unpaired) electrons. The minimum Gasteiger partial charge on any atom is -0.300 e. The molecule has 2 aromatic carbocycles. The number of para-hydroxylation sites is 1. The van der Waals surface area contributed by atoms with Crippen LogP contribution in [0.5, 0.6) is 0 Å². The lowest BCUT2D eigenvalue weighted by atomic mass is 10.2. The first-order valence-corrected chi connectivity index (χ1v) is 10.4. The topological polar surface area (TPSA) is 77.5 Å². The highest BCUT2D eigenvalue weighted by Gasteiger charge is 2.21. The largest absolute Gasteiger partial charge is 0.300 e. The summed E-state index contributed by atoms with van der Waals surface area (Å²) in [6, 6.07) is 16.1. The van der Waals surface area contributed by atoms with Crippen LogP contribution in [0.3, 0.4) is 0 Å². The Morgan fingerprint density at radius 1 is 0.967 bits per heavy atom. The molecule has 10 heteroatoms. The molecule has 0 bridgehead atoms. The molecule has 2 aromatic heterocycles. The van der Waals surface area contributed by atoms with E-state index in [0.29, 0.717) is 16.7 Å². The van der Waals surface area contributed by atoms with Crippen LogP contribution in [-0.4, -0.2) is 54.0 Å². The molecule has 8 nitrogen and oxygen atoms in total. The lowest BCUT2D eigenvalue weighted by molar-refractivity contribution is 0.305. The van der Waals surface area contributed by atoms with Crippen molar-refractivity contribution in [2.45, 2.75) is 23.9 Å². The van der Waals surface area contributed by atoms with Crippen molar-refractivity contribution in [3.8, 4) is 11.4 Å². The van der Waals surface area contributed by atoms with Gasteiger partial charge in [-0.05, 0) is 67.8 Å². The third-order valence-electron chi connectivity index (χ3n) is 4.76. The smallest absolute Gasteiger partial charge is 0.196 e. The Labute approximate surface area is 177 Å². The van der Waals surface area contributed by atoms with E-state index in [1.807, 2.05) is 49.0 Å². The monoisotopic (exact) mass is 424 g/mol. The Bertz CT molecular complexity index is 1110. The summed E-state index contributed by atoms with van der Waals surface area (Å²) in [6.45, 7) is 2.05. The van der Waals surface area contributed by atoms with E-state index in [0.717, 1.165) is 17.2 Å². The van der Waals surface area contributed by atoms with Crippen LogP contribution in [0.1, 0.15) is 24.6 Å². The third-order valence-corrected chi connectivity index (χ3v) is 5.68. The van der Waals surface area contributed by atoms with Crippen LogP contribution in [0.2, 0.25) is 0 Å². The second-order valence-electron chi connectivity index (χ2n) is 6.92. The molecule has 2 heterocycles. The van der Waals surface area contributed by atoms with Crippen molar-refractivity contribution in [2.75, 3.05) is 14.1 Å². The van der Waals surface area contributed by atoms with Crippen molar-refractivity contribution < 1.29 is 4.39 Å². The molecule has 0 saturated heterocycles.